The summed E-state index contributed by atoms with van der Waals surface area (Å²) in [6.45, 7) is 8.68. The molecule has 0 saturated heterocycles. The van der Waals surface area contributed by atoms with Crippen molar-refractivity contribution in [3.05, 3.63) is 0 Å². The largest absolute Gasteiger partial charge is 0.300 e. The van der Waals surface area contributed by atoms with Gasteiger partial charge in [0.1, 0.15) is 11.6 Å². The van der Waals surface area contributed by atoms with Crippen LogP contribution < -0.4 is 0 Å². The first kappa shape index (κ1) is 20.0. The topological polar surface area (TPSA) is 34.1 Å². The summed E-state index contributed by atoms with van der Waals surface area (Å²) < 4.78 is 0. The predicted octanol–water partition coefficient (Wildman–Crippen LogP) is 3.31. The van der Waals surface area contributed by atoms with Crippen LogP contribution in [0.4, 0.5) is 0 Å². The molecule has 0 aliphatic rings. The second-order valence-electron chi connectivity index (χ2n) is 3.45. The first-order chi connectivity index (χ1) is 6.77. The molecule has 3 heteroatoms. The highest BCUT2D eigenvalue weighted by atomic mass is 32.2. The Bertz CT molecular complexity index is 182. The molecule has 0 bridgehead atoms. The number of Topliss-reactive ketones (excluding diaryl/α,β-unsaturated/α-hetero) is 2. The molecule has 92 valence electrons. The lowest BCUT2D eigenvalue weighted by Crippen LogP contribution is -1.80. The van der Waals surface area contributed by atoms with Gasteiger partial charge in [0, 0.05) is 6.42 Å². The van der Waals surface area contributed by atoms with Gasteiger partial charge in [-0.3, -0.25) is 0 Å². The molecule has 0 N–H and O–H groups in total. The highest BCUT2D eigenvalue weighted by Gasteiger charge is 1.77. The van der Waals surface area contributed by atoms with Crippen molar-refractivity contribution in [1.82, 2.24) is 0 Å². The standard InChI is InChI=1S/C5H12S.C4H8O.C3H6O/c1-4-5-6(2)3;1-3-4(2)5;1-3(2)4/h2,4-5H2,1,3H3;3H2,1-2H3;1-2H3. The fraction of sp³-hybridized carbons (Fsp3) is 0.750. The summed E-state index contributed by atoms with van der Waals surface area (Å²) in [4.78, 5) is 19.3. The van der Waals surface area contributed by atoms with Crippen molar-refractivity contribution in [2.75, 3.05) is 12.0 Å². The van der Waals surface area contributed by atoms with E-state index in [0.29, 0.717) is 16.9 Å². The molecular weight excluding hydrogens is 208 g/mol. The Labute approximate surface area is 97.4 Å². The fourth-order valence-electron chi connectivity index (χ4n) is 0.348. The molecule has 0 spiro atoms. The van der Waals surface area contributed by atoms with Crippen LogP contribution in [0.2, 0.25) is 0 Å². The first-order valence-corrected chi connectivity index (χ1v) is 7.13. The average Bonchev–Trinajstić information content (AvgIpc) is 2.03. The molecule has 0 radical (unpaired) electrons. The van der Waals surface area contributed by atoms with E-state index in [1.807, 2.05) is 6.92 Å². The molecule has 2 nitrogen and oxygen atoms in total. The Morgan fingerprint density at radius 1 is 1.13 bits per heavy atom. The second-order valence-corrected chi connectivity index (χ2v) is 5.42. The molecule has 0 amide bonds. The van der Waals surface area contributed by atoms with E-state index in [1.165, 1.54) is 26.0 Å². The van der Waals surface area contributed by atoms with Crippen molar-refractivity contribution in [3.63, 3.8) is 0 Å². The summed E-state index contributed by atoms with van der Waals surface area (Å²) in [5.74, 6) is 5.57. The Morgan fingerprint density at radius 2 is 1.40 bits per heavy atom. The number of carbonyl (C=O) groups is 2. The number of rotatable bonds is 3. The molecule has 0 aromatic rings. The van der Waals surface area contributed by atoms with Gasteiger partial charge < -0.3 is 9.59 Å². The predicted molar refractivity (Wildman–Crippen MR) is 73.1 cm³/mol. The quantitative estimate of drug-likeness (QED) is 0.702. The molecule has 0 saturated carbocycles. The lowest BCUT2D eigenvalue weighted by atomic mass is 10.4. The molecule has 1 atom stereocenters. The van der Waals surface area contributed by atoms with E-state index in [1.54, 1.807) is 6.92 Å². The van der Waals surface area contributed by atoms with Gasteiger partial charge in [-0.05, 0) is 39.2 Å². The van der Waals surface area contributed by atoms with Crippen molar-refractivity contribution >= 4 is 27.9 Å². The molecule has 0 aromatic heterocycles. The summed E-state index contributed by atoms with van der Waals surface area (Å²) in [5.41, 5.74) is 0. The van der Waals surface area contributed by atoms with Crippen molar-refractivity contribution in [3.8, 4) is 0 Å². The van der Waals surface area contributed by atoms with E-state index in [4.69, 9.17) is 0 Å². The second kappa shape index (κ2) is 16.0. The van der Waals surface area contributed by atoms with Crippen LogP contribution in [0, 0.1) is 0 Å². The van der Waals surface area contributed by atoms with E-state index in [0.717, 1.165) is 0 Å². The van der Waals surface area contributed by atoms with Gasteiger partial charge in [0.15, 0.2) is 0 Å². The molecule has 0 aromatic carbocycles. The van der Waals surface area contributed by atoms with Gasteiger partial charge in [0.25, 0.3) is 0 Å². The summed E-state index contributed by atoms with van der Waals surface area (Å²) in [5, 5.41) is 0. The van der Waals surface area contributed by atoms with Crippen molar-refractivity contribution in [2.45, 2.75) is 47.5 Å². The van der Waals surface area contributed by atoms with E-state index in [-0.39, 0.29) is 11.6 Å². The zero-order valence-corrected chi connectivity index (χ0v) is 11.9. The minimum atomic E-state index is 0.167. The molecule has 0 aliphatic heterocycles. The maximum absolute atomic E-state index is 9.81. The molecule has 0 heterocycles. The van der Waals surface area contributed by atoms with E-state index >= 15 is 0 Å². The van der Waals surface area contributed by atoms with E-state index in [9.17, 15) is 9.59 Å². The minimum Gasteiger partial charge on any atom is -0.300 e. The molecule has 0 aliphatic carbocycles. The SMILES string of the molecule is C=S(C)CCC.CC(C)=O.CCC(C)=O. The smallest absolute Gasteiger partial charge is 0.129 e. The molecule has 0 fully saturated rings. The fourth-order valence-corrected chi connectivity index (χ4v) is 1.05. The third kappa shape index (κ3) is 87.1. The van der Waals surface area contributed by atoms with Crippen LogP contribution in [0.1, 0.15) is 47.5 Å². The van der Waals surface area contributed by atoms with Crippen LogP contribution >= 0.6 is 10.5 Å². The highest BCUT2D eigenvalue weighted by Crippen LogP contribution is 2.01. The van der Waals surface area contributed by atoms with Crippen molar-refractivity contribution in [2.24, 2.45) is 0 Å². The minimum absolute atomic E-state index is 0.167. The molecule has 1 unspecified atom stereocenters. The number of hydrogen-bond donors (Lipinski definition) is 0. The van der Waals surface area contributed by atoms with Crippen molar-refractivity contribution < 1.29 is 9.59 Å². The molecule has 0 rings (SSSR count). The van der Waals surface area contributed by atoms with Crippen LogP contribution in [-0.2, 0) is 9.59 Å². The van der Waals surface area contributed by atoms with Gasteiger partial charge in [-0.15, -0.1) is 0 Å². The average molecular weight is 234 g/mol. The van der Waals surface area contributed by atoms with Crippen LogP contribution in [-0.4, -0.2) is 29.4 Å². The van der Waals surface area contributed by atoms with E-state index < -0.39 is 0 Å². The van der Waals surface area contributed by atoms with Crippen LogP contribution in [0.25, 0.3) is 0 Å². The summed E-state index contributed by atoms with van der Waals surface area (Å²) in [6, 6.07) is 0. The van der Waals surface area contributed by atoms with Crippen LogP contribution in [0.5, 0.6) is 0 Å². The van der Waals surface area contributed by atoms with Gasteiger partial charge in [-0.25, -0.2) is 0 Å². The molecule has 15 heavy (non-hydrogen) atoms. The maximum atomic E-state index is 9.81. The lowest BCUT2D eigenvalue weighted by Gasteiger charge is -1.90. The van der Waals surface area contributed by atoms with Gasteiger partial charge in [-0.2, -0.15) is 10.5 Å². The van der Waals surface area contributed by atoms with Gasteiger partial charge >= 0.3 is 0 Å². The summed E-state index contributed by atoms with van der Waals surface area (Å²) in [7, 11) is 0.434. The van der Waals surface area contributed by atoms with Crippen molar-refractivity contribution in [1.29, 1.82) is 0 Å². The number of hydrogen-bond acceptors (Lipinski definition) is 2. The lowest BCUT2D eigenvalue weighted by molar-refractivity contribution is -0.117. The Morgan fingerprint density at radius 3 is 1.40 bits per heavy atom. The van der Waals surface area contributed by atoms with Gasteiger partial charge in [0.05, 0.1) is 0 Å². The monoisotopic (exact) mass is 234 g/mol. The number of ketones is 2. The maximum Gasteiger partial charge on any atom is 0.129 e. The number of carbonyl (C=O) groups excluding carboxylic acids is 2. The Hall–Kier alpha value is -0.440. The Kier molecular flexibility index (Phi) is 21.4. The van der Waals surface area contributed by atoms with Crippen LogP contribution in [0.15, 0.2) is 0 Å². The zero-order chi connectivity index (χ0) is 12.9. The summed E-state index contributed by atoms with van der Waals surface area (Å²) >= 11 is 0. The highest BCUT2D eigenvalue weighted by molar-refractivity contribution is 8.13. The summed E-state index contributed by atoms with van der Waals surface area (Å²) in [6.07, 6.45) is 4.12. The van der Waals surface area contributed by atoms with Gasteiger partial charge in [-0.1, -0.05) is 19.7 Å². The normalized spacial score (nSPS) is 10.0. The third-order valence-corrected chi connectivity index (χ3v) is 2.16. The first-order valence-electron chi connectivity index (χ1n) is 5.16. The molecular formula is C12H26O2S. The zero-order valence-electron chi connectivity index (χ0n) is 11.1. The van der Waals surface area contributed by atoms with Crippen LogP contribution in [0.3, 0.4) is 0 Å². The third-order valence-electron chi connectivity index (χ3n) is 1.05. The van der Waals surface area contributed by atoms with E-state index in [2.05, 4.69) is 19.0 Å². The van der Waals surface area contributed by atoms with Gasteiger partial charge in [0.2, 0.25) is 0 Å². The Balaban J connectivity index is -0.000000147.